The number of carbonyl (C=O) groups is 2. The Morgan fingerprint density at radius 1 is 1.13 bits per heavy atom. The van der Waals surface area contributed by atoms with E-state index in [0.29, 0.717) is 28.2 Å². The van der Waals surface area contributed by atoms with Crippen molar-refractivity contribution in [2.24, 2.45) is 0 Å². The van der Waals surface area contributed by atoms with Crippen LogP contribution in [0.2, 0.25) is 0 Å². The molecule has 0 spiro atoms. The number of carbonyl (C=O) groups excluding carboxylic acids is 2. The van der Waals surface area contributed by atoms with Gasteiger partial charge in [-0.25, -0.2) is 4.98 Å². The number of para-hydroxylation sites is 3. The number of hydrogen-bond donors (Lipinski definition) is 1. The lowest BCUT2D eigenvalue weighted by molar-refractivity contribution is -0.147. The summed E-state index contributed by atoms with van der Waals surface area (Å²) in [5, 5.41) is 3.23. The highest BCUT2D eigenvalue weighted by atomic mass is 16.5. The lowest BCUT2D eigenvalue weighted by Gasteiger charge is -2.13. The number of benzene rings is 2. The maximum absolute atomic E-state index is 12.9. The van der Waals surface area contributed by atoms with E-state index >= 15 is 0 Å². The first-order valence-corrected chi connectivity index (χ1v) is 10.2. The number of hydrogen-bond acceptors (Lipinski definition) is 6. The van der Waals surface area contributed by atoms with Crippen LogP contribution in [0.4, 0.5) is 5.69 Å². The molecule has 8 heteroatoms. The number of ether oxygens (including phenoxy) is 2. The van der Waals surface area contributed by atoms with E-state index < -0.39 is 18.5 Å². The van der Waals surface area contributed by atoms with E-state index in [1.165, 1.54) is 7.11 Å². The van der Waals surface area contributed by atoms with Crippen LogP contribution in [0.3, 0.4) is 0 Å². The summed E-state index contributed by atoms with van der Waals surface area (Å²) in [6, 6.07) is 14.3. The molecule has 1 saturated carbocycles. The first-order chi connectivity index (χ1) is 15.1. The molecule has 4 rings (SSSR count). The number of nitrogens with zero attached hydrogens (tertiary/aromatic N) is 2. The van der Waals surface area contributed by atoms with Crippen molar-refractivity contribution in [2.75, 3.05) is 19.0 Å². The highest BCUT2D eigenvalue weighted by Crippen LogP contribution is 2.35. The minimum atomic E-state index is -0.528. The van der Waals surface area contributed by atoms with Gasteiger partial charge in [0.15, 0.2) is 6.61 Å². The van der Waals surface area contributed by atoms with E-state index in [4.69, 9.17) is 9.47 Å². The van der Waals surface area contributed by atoms with Gasteiger partial charge in [-0.3, -0.25) is 19.0 Å². The van der Waals surface area contributed by atoms with Crippen molar-refractivity contribution in [1.82, 2.24) is 9.55 Å². The Kier molecular flexibility index (Phi) is 5.97. The van der Waals surface area contributed by atoms with Crippen molar-refractivity contribution in [3.05, 3.63) is 64.7 Å². The van der Waals surface area contributed by atoms with Crippen molar-refractivity contribution in [3.63, 3.8) is 0 Å². The van der Waals surface area contributed by atoms with E-state index in [0.717, 1.165) is 12.8 Å². The molecule has 1 aromatic heterocycles. The third kappa shape index (κ3) is 4.74. The summed E-state index contributed by atoms with van der Waals surface area (Å²) in [4.78, 5) is 41.8. The minimum absolute atomic E-state index is 0.0272. The van der Waals surface area contributed by atoms with Crippen LogP contribution in [-0.2, 0) is 20.7 Å². The number of aryl methyl sites for hydroxylation is 1. The van der Waals surface area contributed by atoms with Crippen LogP contribution < -0.4 is 15.6 Å². The molecule has 0 aliphatic heterocycles. The number of amides is 1. The Hall–Kier alpha value is -3.68. The monoisotopic (exact) mass is 421 g/mol. The molecule has 8 nitrogen and oxygen atoms in total. The SMILES string of the molecule is COc1ccccc1NC(=O)COC(=O)CCc1nc2ccccc2c(=O)n1C1CC1. The average Bonchev–Trinajstić information content (AvgIpc) is 3.62. The molecule has 3 aromatic rings. The Labute approximate surface area is 178 Å². The molecule has 0 saturated heterocycles. The molecule has 2 aromatic carbocycles. The predicted molar refractivity (Wildman–Crippen MR) is 115 cm³/mol. The smallest absolute Gasteiger partial charge is 0.306 e. The topological polar surface area (TPSA) is 99.5 Å². The summed E-state index contributed by atoms with van der Waals surface area (Å²) in [5.41, 5.74) is 1.04. The molecule has 0 radical (unpaired) electrons. The minimum Gasteiger partial charge on any atom is -0.495 e. The lowest BCUT2D eigenvalue weighted by atomic mass is 10.2. The number of nitrogens with one attached hydrogen (secondary N) is 1. The highest BCUT2D eigenvalue weighted by molar-refractivity contribution is 5.94. The van der Waals surface area contributed by atoms with Crippen molar-refractivity contribution in [3.8, 4) is 5.75 Å². The zero-order valence-electron chi connectivity index (χ0n) is 17.2. The van der Waals surface area contributed by atoms with Crippen LogP contribution in [0.15, 0.2) is 53.3 Å². The van der Waals surface area contributed by atoms with Crippen molar-refractivity contribution in [2.45, 2.75) is 31.7 Å². The average molecular weight is 421 g/mol. The van der Waals surface area contributed by atoms with E-state index in [1.807, 2.05) is 12.1 Å². The molecule has 0 bridgehead atoms. The Balaban J connectivity index is 1.37. The summed E-state index contributed by atoms with van der Waals surface area (Å²) in [6.45, 7) is -0.405. The zero-order chi connectivity index (χ0) is 21.8. The zero-order valence-corrected chi connectivity index (χ0v) is 17.2. The van der Waals surface area contributed by atoms with E-state index in [1.54, 1.807) is 41.0 Å². The number of aromatic nitrogens is 2. The number of methoxy groups -OCH3 is 1. The third-order valence-corrected chi connectivity index (χ3v) is 5.09. The Morgan fingerprint density at radius 2 is 1.87 bits per heavy atom. The fourth-order valence-corrected chi connectivity index (χ4v) is 3.44. The molecule has 31 heavy (non-hydrogen) atoms. The molecule has 1 amide bonds. The quantitative estimate of drug-likeness (QED) is 0.562. The van der Waals surface area contributed by atoms with Gasteiger partial charge in [0, 0.05) is 12.5 Å². The number of rotatable bonds is 8. The van der Waals surface area contributed by atoms with Gasteiger partial charge < -0.3 is 14.8 Å². The van der Waals surface area contributed by atoms with Gasteiger partial charge in [0.2, 0.25) is 0 Å². The molecule has 0 unspecified atom stereocenters. The van der Waals surface area contributed by atoms with Crippen molar-refractivity contribution >= 4 is 28.5 Å². The van der Waals surface area contributed by atoms with Gasteiger partial charge in [-0.2, -0.15) is 0 Å². The Morgan fingerprint density at radius 3 is 2.65 bits per heavy atom. The van der Waals surface area contributed by atoms with Gasteiger partial charge in [-0.05, 0) is 37.1 Å². The van der Waals surface area contributed by atoms with E-state index in [-0.39, 0.29) is 24.4 Å². The summed E-state index contributed by atoms with van der Waals surface area (Å²) < 4.78 is 12.0. The molecule has 1 heterocycles. The van der Waals surface area contributed by atoms with Gasteiger partial charge in [0.25, 0.3) is 11.5 Å². The van der Waals surface area contributed by atoms with Gasteiger partial charge >= 0.3 is 5.97 Å². The van der Waals surface area contributed by atoms with Gasteiger partial charge in [0.1, 0.15) is 11.6 Å². The molecule has 1 fully saturated rings. The second kappa shape index (κ2) is 8.99. The highest BCUT2D eigenvalue weighted by Gasteiger charge is 2.28. The molecule has 160 valence electrons. The van der Waals surface area contributed by atoms with Crippen LogP contribution in [0.25, 0.3) is 10.9 Å². The maximum atomic E-state index is 12.9. The van der Waals surface area contributed by atoms with Crippen LogP contribution in [0, 0.1) is 0 Å². The summed E-state index contributed by atoms with van der Waals surface area (Å²) >= 11 is 0. The maximum Gasteiger partial charge on any atom is 0.306 e. The molecule has 1 aliphatic rings. The summed E-state index contributed by atoms with van der Waals surface area (Å²) in [5.74, 6) is 0.0979. The van der Waals surface area contributed by atoms with Crippen molar-refractivity contribution < 1.29 is 19.1 Å². The second-order valence-electron chi connectivity index (χ2n) is 7.36. The van der Waals surface area contributed by atoms with Gasteiger partial charge in [0.05, 0.1) is 30.1 Å². The molecule has 0 atom stereocenters. The first-order valence-electron chi connectivity index (χ1n) is 10.2. The Bertz CT molecular complexity index is 1180. The summed E-state index contributed by atoms with van der Waals surface area (Å²) in [7, 11) is 1.51. The summed E-state index contributed by atoms with van der Waals surface area (Å²) in [6.07, 6.45) is 2.16. The lowest BCUT2D eigenvalue weighted by Crippen LogP contribution is -2.26. The number of esters is 1. The molecule has 1 aliphatic carbocycles. The van der Waals surface area contributed by atoms with Crippen LogP contribution >= 0.6 is 0 Å². The fourth-order valence-electron chi connectivity index (χ4n) is 3.44. The second-order valence-corrected chi connectivity index (χ2v) is 7.36. The first kappa shape index (κ1) is 20.6. The number of fused-ring (bicyclic) bond motifs is 1. The fraction of sp³-hybridized carbons (Fsp3) is 0.304. The van der Waals surface area contributed by atoms with E-state index in [2.05, 4.69) is 10.3 Å². The third-order valence-electron chi connectivity index (χ3n) is 5.09. The largest absolute Gasteiger partial charge is 0.495 e. The molecule has 1 N–H and O–H groups in total. The standard InChI is InChI=1S/C23H23N3O5/c1-30-19-9-5-4-8-18(19)25-21(27)14-31-22(28)13-12-20-24-17-7-3-2-6-16(17)23(29)26(20)15-10-11-15/h2-9,15H,10-14H2,1H3,(H,25,27). The van der Waals surface area contributed by atoms with Crippen LogP contribution in [0.5, 0.6) is 5.75 Å². The van der Waals surface area contributed by atoms with Gasteiger partial charge in [-0.15, -0.1) is 0 Å². The van der Waals surface area contributed by atoms with Crippen LogP contribution in [0.1, 0.15) is 31.1 Å². The number of anilines is 1. The van der Waals surface area contributed by atoms with Gasteiger partial charge in [-0.1, -0.05) is 24.3 Å². The normalized spacial score (nSPS) is 13.1. The van der Waals surface area contributed by atoms with E-state index in [9.17, 15) is 14.4 Å². The molecular formula is C23H23N3O5. The predicted octanol–water partition coefficient (Wildman–Crippen LogP) is 2.85. The van der Waals surface area contributed by atoms with Crippen LogP contribution in [-0.4, -0.2) is 35.1 Å². The molecular weight excluding hydrogens is 398 g/mol. The van der Waals surface area contributed by atoms with Crippen molar-refractivity contribution in [1.29, 1.82) is 0 Å².